The van der Waals surface area contributed by atoms with Gasteiger partial charge in [0, 0.05) is 0 Å². The number of aromatic hydroxyl groups is 2. The molecule has 4 heteroatoms. The third-order valence-corrected chi connectivity index (χ3v) is 2.54. The predicted molar refractivity (Wildman–Crippen MR) is 72.2 cm³/mol. The number of hydrazone groups is 1. The van der Waals surface area contributed by atoms with Crippen LogP contribution in [-0.4, -0.2) is 16.4 Å². The standard InChI is InChI=1S/C14H14N2O2/c1-10-4-2-3-5-12(10)16-15-9-11-6-7-13(17)14(18)8-11/h2-9,16-18H,1H3/b15-9+. The normalized spacial score (nSPS) is 10.7. The van der Waals surface area contributed by atoms with Crippen molar-refractivity contribution in [1.29, 1.82) is 0 Å². The summed E-state index contributed by atoms with van der Waals surface area (Å²) >= 11 is 0. The lowest BCUT2D eigenvalue weighted by Gasteiger charge is -2.03. The highest BCUT2D eigenvalue weighted by atomic mass is 16.3. The molecule has 0 heterocycles. The van der Waals surface area contributed by atoms with Gasteiger partial charge in [-0.3, -0.25) is 5.43 Å². The van der Waals surface area contributed by atoms with Gasteiger partial charge in [0.1, 0.15) is 0 Å². The maximum Gasteiger partial charge on any atom is 0.158 e. The minimum absolute atomic E-state index is 0.140. The summed E-state index contributed by atoms with van der Waals surface area (Å²) in [4.78, 5) is 0. The number of aryl methyl sites for hydroxylation is 1. The first kappa shape index (κ1) is 12.0. The van der Waals surface area contributed by atoms with Crippen molar-refractivity contribution in [3.8, 4) is 11.5 Å². The molecule has 0 aliphatic rings. The van der Waals surface area contributed by atoms with E-state index >= 15 is 0 Å². The Morgan fingerprint density at radius 2 is 1.83 bits per heavy atom. The van der Waals surface area contributed by atoms with Gasteiger partial charge in [0.25, 0.3) is 0 Å². The molecular weight excluding hydrogens is 228 g/mol. The van der Waals surface area contributed by atoms with Crippen molar-refractivity contribution in [3.63, 3.8) is 0 Å². The van der Waals surface area contributed by atoms with E-state index in [4.69, 9.17) is 0 Å². The highest BCUT2D eigenvalue weighted by Gasteiger charge is 1.98. The van der Waals surface area contributed by atoms with Gasteiger partial charge < -0.3 is 10.2 Å². The number of benzene rings is 2. The number of rotatable bonds is 3. The van der Waals surface area contributed by atoms with E-state index in [2.05, 4.69) is 10.5 Å². The summed E-state index contributed by atoms with van der Waals surface area (Å²) in [6.07, 6.45) is 1.58. The highest BCUT2D eigenvalue weighted by Crippen LogP contribution is 2.24. The molecule has 2 aromatic carbocycles. The number of anilines is 1. The first-order chi connectivity index (χ1) is 8.66. The monoisotopic (exact) mass is 242 g/mol. The molecule has 0 saturated heterocycles. The van der Waals surface area contributed by atoms with Gasteiger partial charge in [-0.05, 0) is 42.3 Å². The smallest absolute Gasteiger partial charge is 0.158 e. The Hall–Kier alpha value is -2.49. The molecular formula is C14H14N2O2. The van der Waals surface area contributed by atoms with Gasteiger partial charge in [-0.2, -0.15) is 5.10 Å². The van der Waals surface area contributed by atoms with Gasteiger partial charge in [0.05, 0.1) is 11.9 Å². The SMILES string of the molecule is Cc1ccccc1N/N=C/c1ccc(O)c(O)c1. The molecule has 2 aromatic rings. The van der Waals surface area contributed by atoms with Gasteiger partial charge in [-0.25, -0.2) is 0 Å². The maximum absolute atomic E-state index is 9.33. The Kier molecular flexibility index (Phi) is 3.48. The Balaban J connectivity index is 2.08. The van der Waals surface area contributed by atoms with Gasteiger partial charge >= 0.3 is 0 Å². The second-order valence-corrected chi connectivity index (χ2v) is 3.93. The maximum atomic E-state index is 9.33. The van der Waals surface area contributed by atoms with Crippen LogP contribution in [0, 0.1) is 6.92 Å². The molecule has 0 atom stereocenters. The van der Waals surface area contributed by atoms with Crippen molar-refractivity contribution >= 4 is 11.9 Å². The molecule has 2 rings (SSSR count). The predicted octanol–water partition coefficient (Wildman–Crippen LogP) is 2.85. The molecule has 0 bridgehead atoms. The van der Waals surface area contributed by atoms with Crippen molar-refractivity contribution in [2.75, 3.05) is 5.43 Å². The lowest BCUT2D eigenvalue weighted by atomic mass is 10.2. The third-order valence-electron chi connectivity index (χ3n) is 2.54. The molecule has 3 N–H and O–H groups in total. The van der Waals surface area contributed by atoms with Gasteiger partial charge in [-0.15, -0.1) is 0 Å². The molecule has 18 heavy (non-hydrogen) atoms. The zero-order valence-corrected chi connectivity index (χ0v) is 9.96. The molecule has 0 aliphatic heterocycles. The van der Waals surface area contributed by atoms with Crippen LogP contribution in [0.25, 0.3) is 0 Å². The van der Waals surface area contributed by atoms with E-state index in [1.165, 1.54) is 12.1 Å². The van der Waals surface area contributed by atoms with Gasteiger partial charge in [0.2, 0.25) is 0 Å². The van der Waals surface area contributed by atoms with E-state index in [0.29, 0.717) is 5.56 Å². The van der Waals surface area contributed by atoms with Crippen LogP contribution >= 0.6 is 0 Å². The molecule has 0 spiro atoms. The fourth-order valence-corrected chi connectivity index (χ4v) is 1.50. The first-order valence-electron chi connectivity index (χ1n) is 5.53. The summed E-state index contributed by atoms with van der Waals surface area (Å²) in [7, 11) is 0. The number of nitrogens with zero attached hydrogens (tertiary/aromatic N) is 1. The molecule has 0 aromatic heterocycles. The van der Waals surface area contributed by atoms with E-state index in [1.807, 2.05) is 31.2 Å². The first-order valence-corrected chi connectivity index (χ1v) is 5.53. The summed E-state index contributed by atoms with van der Waals surface area (Å²) < 4.78 is 0. The third kappa shape index (κ3) is 2.79. The van der Waals surface area contributed by atoms with Crippen LogP contribution < -0.4 is 5.43 Å². The van der Waals surface area contributed by atoms with Crippen molar-refractivity contribution < 1.29 is 10.2 Å². The quantitative estimate of drug-likeness (QED) is 0.440. The van der Waals surface area contributed by atoms with E-state index in [-0.39, 0.29) is 11.5 Å². The number of hydrogen-bond acceptors (Lipinski definition) is 4. The molecule has 0 radical (unpaired) electrons. The van der Waals surface area contributed by atoms with Crippen LogP contribution in [0.5, 0.6) is 11.5 Å². The van der Waals surface area contributed by atoms with E-state index < -0.39 is 0 Å². The fraction of sp³-hybridized carbons (Fsp3) is 0.0714. The topological polar surface area (TPSA) is 64.9 Å². The second kappa shape index (κ2) is 5.23. The lowest BCUT2D eigenvalue weighted by molar-refractivity contribution is 0.403. The average molecular weight is 242 g/mol. The zero-order chi connectivity index (χ0) is 13.0. The highest BCUT2D eigenvalue weighted by molar-refractivity contribution is 5.81. The largest absolute Gasteiger partial charge is 0.504 e. The number of nitrogens with one attached hydrogen (secondary N) is 1. The molecule has 0 unspecified atom stereocenters. The van der Waals surface area contributed by atoms with Gasteiger partial charge in [0.15, 0.2) is 11.5 Å². The summed E-state index contributed by atoms with van der Waals surface area (Å²) in [6.45, 7) is 1.99. The lowest BCUT2D eigenvalue weighted by Crippen LogP contribution is -1.92. The number of hydrogen-bond donors (Lipinski definition) is 3. The van der Waals surface area contributed by atoms with Crippen molar-refractivity contribution in [2.45, 2.75) is 6.92 Å². The van der Waals surface area contributed by atoms with Crippen LogP contribution in [0.15, 0.2) is 47.6 Å². The minimum Gasteiger partial charge on any atom is -0.504 e. The summed E-state index contributed by atoms with van der Waals surface area (Å²) in [5.74, 6) is -0.297. The van der Waals surface area contributed by atoms with Crippen LogP contribution in [0.3, 0.4) is 0 Å². The summed E-state index contributed by atoms with van der Waals surface area (Å²) in [5.41, 5.74) is 5.65. The Bertz CT molecular complexity index is 580. The Labute approximate surface area is 105 Å². The van der Waals surface area contributed by atoms with Crippen molar-refractivity contribution in [2.24, 2.45) is 5.10 Å². The molecule has 92 valence electrons. The molecule has 0 aliphatic carbocycles. The molecule has 0 fully saturated rings. The number of phenolic OH excluding ortho intramolecular Hbond substituents is 2. The summed E-state index contributed by atoms with van der Waals surface area (Å²) in [5, 5.41) is 22.6. The number of phenols is 2. The van der Waals surface area contributed by atoms with Crippen LogP contribution in [0.1, 0.15) is 11.1 Å². The van der Waals surface area contributed by atoms with E-state index in [9.17, 15) is 10.2 Å². The van der Waals surface area contributed by atoms with Crippen molar-refractivity contribution in [3.05, 3.63) is 53.6 Å². The Morgan fingerprint density at radius 3 is 2.56 bits per heavy atom. The number of para-hydroxylation sites is 1. The van der Waals surface area contributed by atoms with Crippen LogP contribution in [-0.2, 0) is 0 Å². The average Bonchev–Trinajstić information content (AvgIpc) is 2.36. The van der Waals surface area contributed by atoms with Crippen molar-refractivity contribution in [1.82, 2.24) is 0 Å². The zero-order valence-electron chi connectivity index (χ0n) is 9.96. The van der Waals surface area contributed by atoms with E-state index in [0.717, 1.165) is 11.3 Å². The van der Waals surface area contributed by atoms with E-state index in [1.54, 1.807) is 12.3 Å². The van der Waals surface area contributed by atoms with Gasteiger partial charge in [-0.1, -0.05) is 18.2 Å². The summed E-state index contributed by atoms with van der Waals surface area (Å²) in [6, 6.07) is 12.3. The Morgan fingerprint density at radius 1 is 1.06 bits per heavy atom. The minimum atomic E-state index is -0.158. The van der Waals surface area contributed by atoms with Crippen LogP contribution in [0.2, 0.25) is 0 Å². The second-order valence-electron chi connectivity index (χ2n) is 3.93. The fourth-order valence-electron chi connectivity index (χ4n) is 1.50. The molecule has 4 nitrogen and oxygen atoms in total. The van der Waals surface area contributed by atoms with Crippen LogP contribution in [0.4, 0.5) is 5.69 Å². The molecule has 0 amide bonds. The molecule has 0 saturated carbocycles.